The van der Waals surface area contributed by atoms with Crippen molar-refractivity contribution in [3.63, 3.8) is 0 Å². The van der Waals surface area contributed by atoms with Gasteiger partial charge in [-0.25, -0.2) is 0 Å². The van der Waals surface area contributed by atoms with Crippen LogP contribution in [0.1, 0.15) is 60.8 Å². The lowest BCUT2D eigenvalue weighted by Crippen LogP contribution is -2.12. The molecule has 0 spiro atoms. The van der Waals surface area contributed by atoms with Crippen LogP contribution in [0.15, 0.2) is 47.5 Å². The van der Waals surface area contributed by atoms with Gasteiger partial charge >= 0.3 is 0 Å². The van der Waals surface area contributed by atoms with Gasteiger partial charge in [-0.3, -0.25) is 0 Å². The van der Waals surface area contributed by atoms with Crippen LogP contribution >= 0.6 is 23.2 Å². The van der Waals surface area contributed by atoms with Gasteiger partial charge in [0.25, 0.3) is 0 Å². The summed E-state index contributed by atoms with van der Waals surface area (Å²) in [6.07, 6.45) is 9.14. The van der Waals surface area contributed by atoms with E-state index in [9.17, 15) is 0 Å². The third kappa shape index (κ3) is 2.66. The van der Waals surface area contributed by atoms with Crippen molar-refractivity contribution in [3.05, 3.63) is 79.8 Å². The summed E-state index contributed by atoms with van der Waals surface area (Å²) in [7, 11) is 0. The summed E-state index contributed by atoms with van der Waals surface area (Å²) in [5, 5.41) is 1.88. The highest BCUT2D eigenvalue weighted by Crippen LogP contribution is 2.46. The Hall–Kier alpha value is -1.50. The standard InChI is InChI=1S/C24H22Cl2/c25-23-5-1-3-19-17-11-7-16-10-14-22-20(4-2-6-24(22)26)18(16)12-8-15(17)9-13-21(19)23/h1-6H,7-14H2. The fraction of sp³-hybridized carbons (Fsp3) is 0.333. The highest BCUT2D eigenvalue weighted by Gasteiger charge is 2.26. The molecule has 0 radical (unpaired) electrons. The predicted molar refractivity (Wildman–Crippen MR) is 112 cm³/mol. The summed E-state index contributed by atoms with van der Waals surface area (Å²) < 4.78 is 0. The normalized spacial score (nSPS) is 19.2. The molecular weight excluding hydrogens is 359 g/mol. The maximum absolute atomic E-state index is 6.48. The van der Waals surface area contributed by atoms with Crippen LogP contribution in [0.25, 0.3) is 11.1 Å². The fourth-order valence-electron chi connectivity index (χ4n) is 5.15. The molecule has 26 heavy (non-hydrogen) atoms. The van der Waals surface area contributed by atoms with Gasteiger partial charge in [-0.05, 0) is 96.9 Å². The summed E-state index contributed by atoms with van der Waals surface area (Å²) in [5.41, 5.74) is 12.0. The van der Waals surface area contributed by atoms with Gasteiger partial charge in [0.05, 0.1) is 0 Å². The SMILES string of the molecule is Clc1cccc2c1CCC1=C2CCC2=C(CC1)c1cccc(Cl)c1CC2. The van der Waals surface area contributed by atoms with Gasteiger partial charge in [-0.15, -0.1) is 0 Å². The van der Waals surface area contributed by atoms with E-state index < -0.39 is 0 Å². The molecule has 2 aromatic carbocycles. The van der Waals surface area contributed by atoms with Crippen molar-refractivity contribution in [2.45, 2.75) is 51.4 Å². The molecule has 0 saturated carbocycles. The summed E-state index contributed by atoms with van der Waals surface area (Å²) in [4.78, 5) is 0. The molecule has 3 aliphatic carbocycles. The molecule has 2 aromatic rings. The fourth-order valence-corrected chi connectivity index (χ4v) is 5.69. The Morgan fingerprint density at radius 3 is 1.38 bits per heavy atom. The van der Waals surface area contributed by atoms with E-state index in [-0.39, 0.29) is 0 Å². The first-order valence-electron chi connectivity index (χ1n) is 9.69. The van der Waals surface area contributed by atoms with Gasteiger partial charge in [0.2, 0.25) is 0 Å². The minimum Gasteiger partial charge on any atom is -0.0840 e. The first-order chi connectivity index (χ1) is 12.7. The average molecular weight is 381 g/mol. The van der Waals surface area contributed by atoms with Gasteiger partial charge in [0, 0.05) is 10.0 Å². The summed E-state index contributed by atoms with van der Waals surface area (Å²) >= 11 is 13.0. The van der Waals surface area contributed by atoms with Gasteiger partial charge in [-0.2, -0.15) is 0 Å². The molecule has 0 aromatic heterocycles. The predicted octanol–water partition coefficient (Wildman–Crippen LogP) is 7.67. The molecule has 0 aliphatic heterocycles. The van der Waals surface area contributed by atoms with E-state index >= 15 is 0 Å². The van der Waals surface area contributed by atoms with Crippen molar-refractivity contribution in [1.29, 1.82) is 0 Å². The second-order valence-electron chi connectivity index (χ2n) is 7.70. The van der Waals surface area contributed by atoms with E-state index in [4.69, 9.17) is 23.2 Å². The Labute approximate surface area is 165 Å². The second-order valence-corrected chi connectivity index (χ2v) is 8.51. The molecule has 2 heteroatoms. The van der Waals surface area contributed by atoms with Crippen molar-refractivity contribution in [3.8, 4) is 0 Å². The van der Waals surface area contributed by atoms with Crippen molar-refractivity contribution >= 4 is 34.3 Å². The molecule has 0 fully saturated rings. The highest BCUT2D eigenvalue weighted by atomic mass is 35.5. The lowest BCUT2D eigenvalue weighted by atomic mass is 9.75. The smallest absolute Gasteiger partial charge is 0.0444 e. The molecule has 0 unspecified atom stereocenters. The molecular formula is C24H22Cl2. The summed E-state index contributed by atoms with van der Waals surface area (Å²) in [6.45, 7) is 0. The van der Waals surface area contributed by atoms with E-state index in [0.29, 0.717) is 0 Å². The van der Waals surface area contributed by atoms with Crippen LogP contribution in [0.3, 0.4) is 0 Å². The van der Waals surface area contributed by atoms with Crippen LogP contribution in [-0.2, 0) is 12.8 Å². The van der Waals surface area contributed by atoms with E-state index in [1.54, 1.807) is 22.3 Å². The van der Waals surface area contributed by atoms with Crippen LogP contribution in [0.4, 0.5) is 0 Å². The van der Waals surface area contributed by atoms with Crippen LogP contribution in [0.5, 0.6) is 0 Å². The first-order valence-corrected chi connectivity index (χ1v) is 10.5. The molecule has 0 amide bonds. The van der Waals surface area contributed by atoms with Crippen molar-refractivity contribution in [2.75, 3.05) is 0 Å². The third-order valence-corrected chi connectivity index (χ3v) is 7.16. The van der Waals surface area contributed by atoms with Gasteiger partial charge < -0.3 is 0 Å². The Kier molecular flexibility index (Phi) is 4.22. The average Bonchev–Trinajstić information content (AvgIpc) is 2.63. The van der Waals surface area contributed by atoms with E-state index in [1.807, 2.05) is 12.1 Å². The molecule has 3 aliphatic rings. The zero-order valence-electron chi connectivity index (χ0n) is 14.9. The molecule has 5 rings (SSSR count). The van der Waals surface area contributed by atoms with Crippen LogP contribution < -0.4 is 0 Å². The molecule has 0 bridgehead atoms. The van der Waals surface area contributed by atoms with Crippen molar-refractivity contribution < 1.29 is 0 Å². The quantitative estimate of drug-likeness (QED) is 0.439. The second kappa shape index (κ2) is 6.59. The number of allylic oxidation sites excluding steroid dienone is 4. The lowest BCUT2D eigenvalue weighted by molar-refractivity contribution is 0.769. The van der Waals surface area contributed by atoms with Gasteiger partial charge in [-0.1, -0.05) is 58.6 Å². The minimum atomic E-state index is 0.942. The Morgan fingerprint density at radius 1 is 0.500 bits per heavy atom. The maximum atomic E-state index is 6.48. The number of halogens is 2. The van der Waals surface area contributed by atoms with E-state index in [2.05, 4.69) is 24.3 Å². The largest absolute Gasteiger partial charge is 0.0840 e. The van der Waals surface area contributed by atoms with Gasteiger partial charge in [0.15, 0.2) is 0 Å². The molecule has 0 atom stereocenters. The van der Waals surface area contributed by atoms with Gasteiger partial charge in [0.1, 0.15) is 0 Å². The Bertz CT molecular complexity index is 883. The van der Waals surface area contributed by atoms with Crippen LogP contribution in [-0.4, -0.2) is 0 Å². The highest BCUT2D eigenvalue weighted by molar-refractivity contribution is 6.32. The van der Waals surface area contributed by atoms with E-state index in [0.717, 1.165) is 48.6 Å². The third-order valence-electron chi connectivity index (χ3n) is 6.45. The molecule has 0 N–H and O–H groups in total. The summed E-state index contributed by atoms with van der Waals surface area (Å²) in [6, 6.07) is 12.9. The minimum absolute atomic E-state index is 0.942. The number of benzene rings is 2. The lowest BCUT2D eigenvalue weighted by Gasteiger charge is -2.31. The number of rotatable bonds is 0. The topological polar surface area (TPSA) is 0 Å². The zero-order valence-corrected chi connectivity index (χ0v) is 16.4. The Balaban J connectivity index is 1.53. The van der Waals surface area contributed by atoms with Crippen LogP contribution in [0, 0.1) is 0 Å². The van der Waals surface area contributed by atoms with Crippen molar-refractivity contribution in [2.24, 2.45) is 0 Å². The summed E-state index contributed by atoms with van der Waals surface area (Å²) in [5.74, 6) is 0. The maximum Gasteiger partial charge on any atom is 0.0444 e. The van der Waals surface area contributed by atoms with Crippen LogP contribution in [0.2, 0.25) is 10.0 Å². The Morgan fingerprint density at radius 2 is 0.923 bits per heavy atom. The zero-order chi connectivity index (χ0) is 17.7. The molecule has 0 saturated heterocycles. The monoisotopic (exact) mass is 380 g/mol. The first kappa shape index (κ1) is 16.7. The number of hydrogen-bond acceptors (Lipinski definition) is 0. The molecule has 0 heterocycles. The molecule has 0 nitrogen and oxygen atoms in total. The number of hydrogen-bond donors (Lipinski definition) is 0. The number of fused-ring (bicyclic) bond motifs is 4. The van der Waals surface area contributed by atoms with E-state index in [1.165, 1.54) is 35.1 Å². The van der Waals surface area contributed by atoms with Crippen molar-refractivity contribution in [1.82, 2.24) is 0 Å². The molecule has 132 valence electrons.